The van der Waals surface area contributed by atoms with Gasteiger partial charge in [0.2, 0.25) is 10.0 Å². The summed E-state index contributed by atoms with van der Waals surface area (Å²) < 4.78 is 59.2. The Morgan fingerprint density at radius 1 is 0.973 bits per heavy atom. The van der Waals surface area contributed by atoms with Crippen LogP contribution in [0.15, 0.2) is 71.6 Å². The zero-order valence-electron chi connectivity index (χ0n) is 20.0. The number of nitrogens with zero attached hydrogens (tertiary/aromatic N) is 1. The molecule has 37 heavy (non-hydrogen) atoms. The van der Waals surface area contributed by atoms with Crippen LogP contribution in [0.5, 0.6) is 0 Å². The molecule has 2 fully saturated rings. The van der Waals surface area contributed by atoms with E-state index in [-0.39, 0.29) is 22.8 Å². The van der Waals surface area contributed by atoms with Crippen molar-refractivity contribution in [2.24, 2.45) is 0 Å². The number of morpholine rings is 1. The van der Waals surface area contributed by atoms with Gasteiger partial charge in [-0.15, -0.1) is 0 Å². The van der Waals surface area contributed by atoms with Crippen LogP contribution in [0.1, 0.15) is 33.8 Å². The second-order valence-corrected chi connectivity index (χ2v) is 11.1. The first-order chi connectivity index (χ1) is 17.8. The summed E-state index contributed by atoms with van der Waals surface area (Å²) in [4.78, 5) is 13.0. The highest BCUT2D eigenvalue weighted by molar-refractivity contribution is 7.89. The van der Waals surface area contributed by atoms with Gasteiger partial charge in [0.05, 0.1) is 18.1 Å². The average Bonchev–Trinajstić information content (AvgIpc) is 3.70. The summed E-state index contributed by atoms with van der Waals surface area (Å²) >= 11 is 0. The van der Waals surface area contributed by atoms with Crippen molar-refractivity contribution in [3.8, 4) is 0 Å². The van der Waals surface area contributed by atoms with Crippen molar-refractivity contribution < 1.29 is 26.7 Å². The van der Waals surface area contributed by atoms with Crippen molar-refractivity contribution in [3.05, 3.63) is 95.1 Å². The number of rotatable bonds is 8. The monoisotopic (exact) mass is 527 g/mol. The maximum Gasteiger partial charge on any atom is 0.255 e. The highest BCUT2D eigenvalue weighted by Crippen LogP contribution is 2.41. The molecule has 194 valence electrons. The number of hydrogen-bond acceptors (Lipinski definition) is 5. The Labute approximate surface area is 214 Å². The van der Waals surface area contributed by atoms with Crippen molar-refractivity contribution in [3.63, 3.8) is 0 Å². The van der Waals surface area contributed by atoms with Gasteiger partial charge in [-0.05, 0) is 60.0 Å². The SMILES string of the molecule is O=C(Nc1cccc(S(=O)(=O)N2CCOCC2)c1)c1cccc(CN[C@@H]2C[C@H]2c2ccc(F)c(F)c2)c1. The van der Waals surface area contributed by atoms with Crippen LogP contribution >= 0.6 is 0 Å². The first kappa shape index (κ1) is 25.5. The Balaban J connectivity index is 1.20. The molecule has 10 heteroatoms. The van der Waals surface area contributed by atoms with Gasteiger partial charge >= 0.3 is 0 Å². The van der Waals surface area contributed by atoms with E-state index in [0.29, 0.717) is 44.1 Å². The number of halogens is 2. The van der Waals surface area contributed by atoms with E-state index in [9.17, 15) is 22.0 Å². The van der Waals surface area contributed by atoms with Gasteiger partial charge < -0.3 is 15.4 Å². The molecule has 7 nitrogen and oxygen atoms in total. The predicted octanol–water partition coefficient (Wildman–Crippen LogP) is 3.88. The minimum absolute atomic E-state index is 0.116. The van der Waals surface area contributed by atoms with E-state index in [1.54, 1.807) is 36.4 Å². The number of benzene rings is 3. The third kappa shape index (κ3) is 5.88. The van der Waals surface area contributed by atoms with Crippen LogP contribution in [0.2, 0.25) is 0 Å². The Morgan fingerprint density at radius 3 is 2.54 bits per heavy atom. The summed E-state index contributed by atoms with van der Waals surface area (Å²) in [5.74, 6) is -1.92. The standard InChI is InChI=1S/C27H27F2N3O4S/c28-24-8-7-19(14-25(24)29)23-16-26(23)30-17-18-3-1-4-20(13-18)27(33)31-21-5-2-6-22(15-21)37(34,35)32-9-11-36-12-10-32/h1-8,13-15,23,26,30H,9-12,16-17H2,(H,31,33)/t23-,26+/m0/s1. The zero-order chi connectivity index (χ0) is 26.0. The van der Waals surface area contributed by atoms with Gasteiger partial charge in [0.15, 0.2) is 11.6 Å². The normalized spacial score (nSPS) is 19.9. The Hall–Kier alpha value is -3.18. The fourth-order valence-corrected chi connectivity index (χ4v) is 5.93. The number of nitrogens with one attached hydrogen (secondary N) is 2. The van der Waals surface area contributed by atoms with Crippen LogP contribution in [-0.4, -0.2) is 51.0 Å². The number of amides is 1. The first-order valence-corrected chi connectivity index (χ1v) is 13.5. The van der Waals surface area contributed by atoms with E-state index in [0.717, 1.165) is 23.6 Å². The molecule has 1 saturated carbocycles. The molecule has 0 unspecified atom stereocenters. The summed E-state index contributed by atoms with van der Waals surface area (Å²) in [6, 6.07) is 17.5. The molecule has 0 aromatic heterocycles. The molecule has 1 aliphatic carbocycles. The van der Waals surface area contributed by atoms with E-state index in [1.165, 1.54) is 22.5 Å². The number of sulfonamides is 1. The molecule has 5 rings (SSSR count). The lowest BCUT2D eigenvalue weighted by Crippen LogP contribution is -2.40. The van der Waals surface area contributed by atoms with Crippen LogP contribution < -0.4 is 10.6 Å². The molecular formula is C27H27F2N3O4S. The second-order valence-electron chi connectivity index (χ2n) is 9.20. The van der Waals surface area contributed by atoms with Gasteiger partial charge in [-0.25, -0.2) is 17.2 Å². The number of carbonyl (C=O) groups excluding carboxylic acids is 1. The second kappa shape index (κ2) is 10.7. The number of anilines is 1. The highest BCUT2D eigenvalue weighted by atomic mass is 32.2. The van der Waals surface area contributed by atoms with Crippen molar-refractivity contribution in [1.82, 2.24) is 9.62 Å². The predicted molar refractivity (Wildman–Crippen MR) is 135 cm³/mol. The molecule has 0 spiro atoms. The fraction of sp³-hybridized carbons (Fsp3) is 0.296. The van der Waals surface area contributed by atoms with Crippen LogP contribution in [0.3, 0.4) is 0 Å². The van der Waals surface area contributed by atoms with Gasteiger partial charge in [-0.3, -0.25) is 4.79 Å². The van der Waals surface area contributed by atoms with E-state index in [4.69, 9.17) is 4.74 Å². The Bertz CT molecular complexity index is 1410. The highest BCUT2D eigenvalue weighted by Gasteiger charge is 2.38. The maximum absolute atomic E-state index is 13.5. The molecule has 1 heterocycles. The van der Waals surface area contributed by atoms with Gasteiger partial charge in [0, 0.05) is 42.8 Å². The quantitative estimate of drug-likeness (QED) is 0.464. The lowest BCUT2D eigenvalue weighted by atomic mass is 10.1. The Kier molecular flexibility index (Phi) is 7.34. The fourth-order valence-electron chi connectivity index (χ4n) is 4.48. The topological polar surface area (TPSA) is 87.7 Å². The average molecular weight is 528 g/mol. The minimum atomic E-state index is -3.68. The molecule has 1 saturated heterocycles. The van der Waals surface area contributed by atoms with Gasteiger partial charge in [-0.2, -0.15) is 4.31 Å². The Morgan fingerprint density at radius 2 is 1.76 bits per heavy atom. The van der Waals surface area contributed by atoms with E-state index in [1.807, 2.05) is 6.07 Å². The lowest BCUT2D eigenvalue weighted by molar-refractivity contribution is 0.0730. The third-order valence-corrected chi connectivity index (χ3v) is 8.51. The molecule has 0 radical (unpaired) electrons. The molecule has 2 aliphatic rings. The van der Waals surface area contributed by atoms with E-state index >= 15 is 0 Å². The van der Waals surface area contributed by atoms with Crippen molar-refractivity contribution >= 4 is 21.6 Å². The molecule has 2 N–H and O–H groups in total. The van der Waals surface area contributed by atoms with Gasteiger partial charge in [0.1, 0.15) is 0 Å². The molecular weight excluding hydrogens is 500 g/mol. The molecule has 1 aliphatic heterocycles. The van der Waals surface area contributed by atoms with Crippen LogP contribution in [-0.2, 0) is 21.3 Å². The van der Waals surface area contributed by atoms with Crippen molar-refractivity contribution in [2.75, 3.05) is 31.6 Å². The van der Waals surface area contributed by atoms with E-state index in [2.05, 4.69) is 10.6 Å². The van der Waals surface area contributed by atoms with Gasteiger partial charge in [-0.1, -0.05) is 24.3 Å². The zero-order valence-corrected chi connectivity index (χ0v) is 20.8. The molecule has 1 amide bonds. The molecule has 3 aromatic rings. The smallest absolute Gasteiger partial charge is 0.255 e. The number of hydrogen-bond donors (Lipinski definition) is 2. The van der Waals surface area contributed by atoms with Crippen LogP contribution in [0.25, 0.3) is 0 Å². The van der Waals surface area contributed by atoms with Crippen molar-refractivity contribution in [1.29, 1.82) is 0 Å². The summed E-state index contributed by atoms with van der Waals surface area (Å²) in [7, 11) is -3.68. The first-order valence-electron chi connectivity index (χ1n) is 12.1. The summed E-state index contributed by atoms with van der Waals surface area (Å²) in [5, 5.41) is 6.18. The molecule has 2 atom stereocenters. The summed E-state index contributed by atoms with van der Waals surface area (Å²) in [6.45, 7) is 1.81. The van der Waals surface area contributed by atoms with Crippen LogP contribution in [0.4, 0.5) is 14.5 Å². The maximum atomic E-state index is 13.5. The van der Waals surface area contributed by atoms with Gasteiger partial charge in [0.25, 0.3) is 5.91 Å². The minimum Gasteiger partial charge on any atom is -0.379 e. The van der Waals surface area contributed by atoms with Crippen molar-refractivity contribution in [2.45, 2.75) is 29.8 Å². The molecule has 3 aromatic carbocycles. The van der Waals surface area contributed by atoms with Crippen LogP contribution in [0, 0.1) is 11.6 Å². The number of carbonyl (C=O) groups is 1. The van der Waals surface area contributed by atoms with E-state index < -0.39 is 21.7 Å². The summed E-state index contributed by atoms with van der Waals surface area (Å²) in [6.07, 6.45) is 0.828. The largest absolute Gasteiger partial charge is 0.379 e. The summed E-state index contributed by atoms with van der Waals surface area (Å²) in [5.41, 5.74) is 2.48. The number of ether oxygens (including phenoxy) is 1. The molecule has 0 bridgehead atoms. The lowest BCUT2D eigenvalue weighted by Gasteiger charge is -2.26. The third-order valence-electron chi connectivity index (χ3n) is 6.62.